The zero-order valence-electron chi connectivity index (χ0n) is 14.5. The third kappa shape index (κ3) is 4.41. The Balaban J connectivity index is 1.51. The summed E-state index contributed by atoms with van der Waals surface area (Å²) in [6.07, 6.45) is 3.33. The Morgan fingerprint density at radius 3 is 2.71 bits per heavy atom. The third-order valence-electron chi connectivity index (χ3n) is 4.49. The number of hydrogen-bond donors (Lipinski definition) is 1. The molecule has 1 amide bonds. The summed E-state index contributed by atoms with van der Waals surface area (Å²) in [5.74, 6) is 1.55. The molecule has 0 heterocycles. The molecule has 0 radical (unpaired) electrons. The lowest BCUT2D eigenvalue weighted by Crippen LogP contribution is -2.32. The quantitative estimate of drug-likeness (QED) is 0.853. The fourth-order valence-electron chi connectivity index (χ4n) is 3.55. The molecule has 1 aliphatic carbocycles. The van der Waals surface area contributed by atoms with E-state index >= 15 is 0 Å². The van der Waals surface area contributed by atoms with Crippen LogP contribution in [0.5, 0.6) is 0 Å². The average Bonchev–Trinajstić information content (AvgIpc) is 2.54. The zero-order valence-corrected chi connectivity index (χ0v) is 15.3. The number of carbonyl (C=O) groups is 1. The van der Waals surface area contributed by atoms with Crippen molar-refractivity contribution in [2.24, 2.45) is 0 Å². The van der Waals surface area contributed by atoms with Crippen molar-refractivity contribution in [1.29, 1.82) is 0 Å². The van der Waals surface area contributed by atoms with Crippen molar-refractivity contribution < 1.29 is 4.79 Å². The van der Waals surface area contributed by atoms with Gasteiger partial charge < -0.3 is 5.32 Å². The summed E-state index contributed by atoms with van der Waals surface area (Å²) in [6.45, 7) is 4.24. The second-order valence-corrected chi connectivity index (χ2v) is 7.69. The number of nitrogens with one attached hydrogen (secondary N) is 1. The molecule has 1 atom stereocenters. The van der Waals surface area contributed by atoms with Crippen molar-refractivity contribution in [3.63, 3.8) is 0 Å². The van der Waals surface area contributed by atoms with Crippen LogP contribution in [0, 0.1) is 13.8 Å². The molecular formula is C21H25NOS. The number of carbonyl (C=O) groups excluding carboxylic acids is 1. The Labute approximate surface area is 149 Å². The Morgan fingerprint density at radius 2 is 1.92 bits per heavy atom. The number of benzene rings is 2. The molecule has 1 aliphatic rings. The summed E-state index contributed by atoms with van der Waals surface area (Å²) in [6, 6.07) is 15.3. The first-order valence-electron chi connectivity index (χ1n) is 8.64. The molecule has 0 fully saturated rings. The first-order chi connectivity index (χ1) is 11.6. The second-order valence-electron chi connectivity index (χ2n) is 6.70. The fraction of sp³-hybridized carbons (Fsp3) is 0.381. The van der Waals surface area contributed by atoms with Gasteiger partial charge in [0.1, 0.15) is 0 Å². The molecule has 0 spiro atoms. The largest absolute Gasteiger partial charge is 0.349 e. The van der Waals surface area contributed by atoms with Crippen LogP contribution < -0.4 is 5.32 Å². The zero-order chi connectivity index (χ0) is 16.9. The number of thioether (sulfide) groups is 1. The van der Waals surface area contributed by atoms with Gasteiger partial charge in [-0.2, -0.15) is 0 Å². The van der Waals surface area contributed by atoms with Crippen LogP contribution in [0.2, 0.25) is 0 Å². The number of aryl methyl sites for hydroxylation is 3. The van der Waals surface area contributed by atoms with Crippen LogP contribution in [0.1, 0.15) is 46.7 Å². The van der Waals surface area contributed by atoms with E-state index in [4.69, 9.17) is 0 Å². The molecule has 2 nitrogen and oxygen atoms in total. The van der Waals surface area contributed by atoms with Crippen LogP contribution in [0.4, 0.5) is 0 Å². The van der Waals surface area contributed by atoms with Crippen molar-refractivity contribution in [3.8, 4) is 0 Å². The monoisotopic (exact) mass is 339 g/mol. The number of amides is 1. The smallest absolute Gasteiger partial charge is 0.230 e. The standard InChI is InChI=1S/C21H25NOS/c1-15-10-16(2)12-17(11-15)13-24-14-21(23)22-20-9-5-7-18-6-3-4-8-19(18)20/h3-4,6,8,10-12,20H,5,7,9,13-14H2,1-2H3,(H,22,23)/t20-/m1/s1. The molecule has 0 saturated carbocycles. The topological polar surface area (TPSA) is 29.1 Å². The molecule has 3 heteroatoms. The van der Waals surface area contributed by atoms with Crippen LogP contribution in [0.3, 0.4) is 0 Å². The van der Waals surface area contributed by atoms with Crippen LogP contribution in [0.25, 0.3) is 0 Å². The average molecular weight is 340 g/mol. The molecule has 0 bridgehead atoms. The summed E-state index contributed by atoms with van der Waals surface area (Å²) in [5, 5.41) is 3.22. The van der Waals surface area contributed by atoms with Crippen molar-refractivity contribution in [2.75, 3.05) is 5.75 Å². The summed E-state index contributed by atoms with van der Waals surface area (Å²) in [7, 11) is 0. The van der Waals surface area contributed by atoms with E-state index in [-0.39, 0.29) is 11.9 Å². The van der Waals surface area contributed by atoms with Gasteiger partial charge >= 0.3 is 0 Å². The Kier molecular flexibility index (Phi) is 5.62. The molecule has 126 valence electrons. The van der Waals surface area contributed by atoms with Crippen LogP contribution >= 0.6 is 11.8 Å². The summed E-state index contributed by atoms with van der Waals surface area (Å²) in [5.41, 5.74) is 6.56. The van der Waals surface area contributed by atoms with E-state index in [0.717, 1.165) is 25.0 Å². The minimum atomic E-state index is 0.145. The maximum Gasteiger partial charge on any atom is 0.230 e. The van der Waals surface area contributed by atoms with E-state index in [1.165, 1.54) is 27.8 Å². The van der Waals surface area contributed by atoms with E-state index in [0.29, 0.717) is 5.75 Å². The molecular weight excluding hydrogens is 314 g/mol. The van der Waals surface area contributed by atoms with Crippen LogP contribution in [-0.4, -0.2) is 11.7 Å². The first-order valence-corrected chi connectivity index (χ1v) is 9.79. The number of fused-ring (bicyclic) bond motifs is 1. The highest BCUT2D eigenvalue weighted by molar-refractivity contribution is 7.99. The van der Waals surface area contributed by atoms with Crippen molar-refractivity contribution in [1.82, 2.24) is 5.32 Å². The molecule has 0 saturated heterocycles. The first kappa shape index (κ1) is 17.1. The van der Waals surface area contributed by atoms with Crippen LogP contribution in [-0.2, 0) is 17.0 Å². The fourth-order valence-corrected chi connectivity index (χ4v) is 4.33. The van der Waals surface area contributed by atoms with Crippen molar-refractivity contribution in [2.45, 2.75) is 44.9 Å². The van der Waals surface area contributed by atoms with E-state index in [9.17, 15) is 4.79 Å². The normalized spacial score (nSPS) is 16.5. The van der Waals surface area contributed by atoms with Gasteiger partial charge in [0.25, 0.3) is 0 Å². The molecule has 2 aromatic rings. The van der Waals surface area contributed by atoms with Gasteiger partial charge in [-0.1, -0.05) is 53.6 Å². The minimum Gasteiger partial charge on any atom is -0.349 e. The Morgan fingerprint density at radius 1 is 1.17 bits per heavy atom. The van der Waals surface area contributed by atoms with Gasteiger partial charge in [0.15, 0.2) is 0 Å². The lowest BCUT2D eigenvalue weighted by molar-refractivity contribution is -0.119. The second kappa shape index (κ2) is 7.89. The third-order valence-corrected chi connectivity index (χ3v) is 5.49. The highest BCUT2D eigenvalue weighted by atomic mass is 32.2. The van der Waals surface area contributed by atoms with E-state index < -0.39 is 0 Å². The highest BCUT2D eigenvalue weighted by Crippen LogP contribution is 2.29. The van der Waals surface area contributed by atoms with Gasteiger partial charge in [0.05, 0.1) is 11.8 Å². The van der Waals surface area contributed by atoms with E-state index in [1.54, 1.807) is 11.8 Å². The predicted octanol–water partition coefficient (Wildman–Crippen LogP) is 4.73. The van der Waals surface area contributed by atoms with Crippen LogP contribution in [0.15, 0.2) is 42.5 Å². The van der Waals surface area contributed by atoms with Gasteiger partial charge in [-0.15, -0.1) is 11.8 Å². The molecule has 0 unspecified atom stereocenters. The Bertz CT molecular complexity index is 705. The van der Waals surface area contributed by atoms with Crippen molar-refractivity contribution in [3.05, 3.63) is 70.3 Å². The van der Waals surface area contributed by atoms with E-state index in [2.05, 4.69) is 61.6 Å². The number of rotatable bonds is 5. The molecule has 3 rings (SSSR count). The van der Waals surface area contributed by atoms with Crippen molar-refractivity contribution >= 4 is 17.7 Å². The van der Waals surface area contributed by atoms with Gasteiger partial charge in [-0.25, -0.2) is 0 Å². The maximum absolute atomic E-state index is 12.3. The van der Waals surface area contributed by atoms with E-state index in [1.807, 2.05) is 0 Å². The lowest BCUT2D eigenvalue weighted by Gasteiger charge is -2.26. The lowest BCUT2D eigenvalue weighted by atomic mass is 9.88. The highest BCUT2D eigenvalue weighted by Gasteiger charge is 2.21. The minimum absolute atomic E-state index is 0.145. The number of hydrogen-bond acceptors (Lipinski definition) is 2. The molecule has 2 aromatic carbocycles. The SMILES string of the molecule is Cc1cc(C)cc(CSCC(=O)N[C@@H]2CCCc3ccccc32)c1. The molecule has 24 heavy (non-hydrogen) atoms. The molecule has 0 aromatic heterocycles. The van der Waals surface area contributed by atoms with Gasteiger partial charge in [0.2, 0.25) is 5.91 Å². The summed E-state index contributed by atoms with van der Waals surface area (Å²) < 4.78 is 0. The summed E-state index contributed by atoms with van der Waals surface area (Å²) >= 11 is 1.69. The van der Waals surface area contributed by atoms with Gasteiger partial charge in [0, 0.05) is 5.75 Å². The Hall–Kier alpha value is -1.74. The summed E-state index contributed by atoms with van der Waals surface area (Å²) in [4.78, 5) is 12.3. The maximum atomic E-state index is 12.3. The van der Waals surface area contributed by atoms with Gasteiger partial charge in [-0.05, 0) is 49.8 Å². The van der Waals surface area contributed by atoms with Gasteiger partial charge in [-0.3, -0.25) is 4.79 Å². The predicted molar refractivity (Wildman–Crippen MR) is 102 cm³/mol. The molecule has 1 N–H and O–H groups in total. The molecule has 0 aliphatic heterocycles.